The first-order valence-corrected chi connectivity index (χ1v) is 5.62. The first-order valence-electron chi connectivity index (χ1n) is 4.83. The molecule has 0 N–H and O–H groups in total. The Hall–Kier alpha value is -1.16. The molecule has 4 heteroatoms. The van der Waals surface area contributed by atoms with E-state index in [1.165, 1.54) is 0 Å². The van der Waals surface area contributed by atoms with Crippen LogP contribution in [0.2, 0.25) is 0 Å². The maximum absolute atomic E-state index is 5.55. The van der Waals surface area contributed by atoms with Crippen molar-refractivity contribution in [2.45, 2.75) is 6.92 Å². The van der Waals surface area contributed by atoms with Crippen LogP contribution in [0, 0.1) is 0 Å². The van der Waals surface area contributed by atoms with Crippen LogP contribution in [-0.4, -0.2) is 20.8 Å². The molecule has 0 heterocycles. The predicted molar refractivity (Wildman–Crippen MR) is 67.1 cm³/mol. The van der Waals surface area contributed by atoms with Crippen LogP contribution < -0.4 is 9.47 Å². The van der Waals surface area contributed by atoms with Gasteiger partial charge in [0.2, 0.25) is 0 Å². The SMILES string of the molecule is COC(C)=C(Br)COc1ccc(OC)cc1. The van der Waals surface area contributed by atoms with Gasteiger partial charge in [0.25, 0.3) is 0 Å². The molecule has 0 radical (unpaired) electrons. The van der Waals surface area contributed by atoms with E-state index >= 15 is 0 Å². The summed E-state index contributed by atoms with van der Waals surface area (Å²) in [6.45, 7) is 2.33. The highest BCUT2D eigenvalue weighted by molar-refractivity contribution is 9.11. The molecule has 1 rings (SSSR count). The lowest BCUT2D eigenvalue weighted by Crippen LogP contribution is -1.99. The third-order valence-electron chi connectivity index (χ3n) is 2.11. The highest BCUT2D eigenvalue weighted by Gasteiger charge is 2.01. The van der Waals surface area contributed by atoms with E-state index in [9.17, 15) is 0 Å². The molecule has 0 aliphatic carbocycles. The second kappa shape index (κ2) is 6.43. The van der Waals surface area contributed by atoms with Gasteiger partial charge in [0.15, 0.2) is 0 Å². The van der Waals surface area contributed by atoms with Crippen LogP contribution in [-0.2, 0) is 4.74 Å². The number of rotatable bonds is 5. The number of halogens is 1. The van der Waals surface area contributed by atoms with Crippen molar-refractivity contribution in [1.82, 2.24) is 0 Å². The summed E-state index contributed by atoms with van der Waals surface area (Å²) >= 11 is 3.39. The number of allylic oxidation sites excluding steroid dienone is 1. The summed E-state index contributed by atoms with van der Waals surface area (Å²) in [6, 6.07) is 7.44. The summed E-state index contributed by atoms with van der Waals surface area (Å²) in [4.78, 5) is 0. The minimum atomic E-state index is 0.450. The highest BCUT2D eigenvalue weighted by atomic mass is 79.9. The molecule has 0 saturated carbocycles. The summed E-state index contributed by atoms with van der Waals surface area (Å²) in [5, 5.41) is 0. The second-order valence-electron chi connectivity index (χ2n) is 3.13. The first kappa shape index (κ1) is 12.9. The molecule has 0 aliphatic heterocycles. The molecule has 0 spiro atoms. The van der Waals surface area contributed by atoms with Crippen LogP contribution in [0.25, 0.3) is 0 Å². The molecule has 1 aromatic carbocycles. The van der Waals surface area contributed by atoms with Crippen molar-refractivity contribution in [2.75, 3.05) is 20.8 Å². The van der Waals surface area contributed by atoms with Gasteiger partial charge in [-0.15, -0.1) is 0 Å². The molecule has 88 valence electrons. The van der Waals surface area contributed by atoms with Gasteiger partial charge < -0.3 is 14.2 Å². The topological polar surface area (TPSA) is 27.7 Å². The Kier molecular flexibility index (Phi) is 5.19. The van der Waals surface area contributed by atoms with E-state index in [4.69, 9.17) is 14.2 Å². The molecule has 0 aliphatic rings. The standard InChI is InChI=1S/C12H15BrO3/c1-9(14-2)12(13)8-16-11-6-4-10(15-3)5-7-11/h4-7H,8H2,1-3H3. The van der Waals surface area contributed by atoms with Gasteiger partial charge >= 0.3 is 0 Å². The van der Waals surface area contributed by atoms with Gasteiger partial charge in [-0.1, -0.05) is 0 Å². The Labute approximate surface area is 104 Å². The van der Waals surface area contributed by atoms with Crippen LogP contribution in [0.3, 0.4) is 0 Å². The third-order valence-corrected chi connectivity index (χ3v) is 2.90. The number of ether oxygens (including phenoxy) is 3. The van der Waals surface area contributed by atoms with Crippen LogP contribution in [0.1, 0.15) is 6.92 Å². The monoisotopic (exact) mass is 286 g/mol. The van der Waals surface area contributed by atoms with Crippen molar-refractivity contribution in [3.63, 3.8) is 0 Å². The van der Waals surface area contributed by atoms with Gasteiger partial charge in [-0.2, -0.15) is 0 Å². The highest BCUT2D eigenvalue weighted by Crippen LogP contribution is 2.19. The van der Waals surface area contributed by atoms with E-state index in [0.29, 0.717) is 6.61 Å². The quantitative estimate of drug-likeness (QED) is 0.777. The summed E-state index contributed by atoms with van der Waals surface area (Å²) in [7, 11) is 3.26. The smallest absolute Gasteiger partial charge is 0.123 e. The van der Waals surface area contributed by atoms with Gasteiger partial charge in [0.05, 0.1) is 18.7 Å². The first-order chi connectivity index (χ1) is 7.67. The Balaban J connectivity index is 2.55. The summed E-state index contributed by atoms with van der Waals surface area (Å²) in [5.74, 6) is 2.42. The zero-order valence-corrected chi connectivity index (χ0v) is 11.2. The maximum atomic E-state index is 5.55. The third kappa shape index (κ3) is 3.77. The summed E-state index contributed by atoms with van der Waals surface area (Å²) in [5.41, 5.74) is 0. The van der Waals surface area contributed by atoms with E-state index in [2.05, 4.69) is 15.9 Å². The zero-order chi connectivity index (χ0) is 12.0. The maximum Gasteiger partial charge on any atom is 0.123 e. The minimum absolute atomic E-state index is 0.450. The Morgan fingerprint density at radius 3 is 2.19 bits per heavy atom. The van der Waals surface area contributed by atoms with Crippen LogP contribution in [0.15, 0.2) is 34.5 Å². The lowest BCUT2D eigenvalue weighted by molar-refractivity contribution is 0.281. The van der Waals surface area contributed by atoms with Gasteiger partial charge in [-0.05, 0) is 47.1 Å². The predicted octanol–water partition coefficient (Wildman–Crippen LogP) is 3.35. The molecule has 16 heavy (non-hydrogen) atoms. The van der Waals surface area contributed by atoms with Gasteiger partial charge in [0, 0.05) is 0 Å². The largest absolute Gasteiger partial charge is 0.500 e. The second-order valence-corrected chi connectivity index (χ2v) is 4.09. The Bertz CT molecular complexity index is 357. The van der Waals surface area contributed by atoms with Crippen molar-refractivity contribution in [3.05, 3.63) is 34.5 Å². The van der Waals surface area contributed by atoms with Gasteiger partial charge in [-0.25, -0.2) is 0 Å². The fourth-order valence-electron chi connectivity index (χ4n) is 1.03. The molecule has 0 aromatic heterocycles. The average molecular weight is 287 g/mol. The lowest BCUT2D eigenvalue weighted by Gasteiger charge is -2.08. The fourth-order valence-corrected chi connectivity index (χ4v) is 1.31. The van der Waals surface area contributed by atoms with Crippen molar-refractivity contribution in [3.8, 4) is 11.5 Å². The van der Waals surface area contributed by atoms with E-state index in [1.807, 2.05) is 31.2 Å². The molecular weight excluding hydrogens is 272 g/mol. The number of methoxy groups -OCH3 is 2. The van der Waals surface area contributed by atoms with Crippen molar-refractivity contribution in [2.24, 2.45) is 0 Å². The van der Waals surface area contributed by atoms with Crippen molar-refractivity contribution in [1.29, 1.82) is 0 Å². The Morgan fingerprint density at radius 2 is 1.69 bits per heavy atom. The average Bonchev–Trinajstić information content (AvgIpc) is 2.35. The van der Waals surface area contributed by atoms with Gasteiger partial charge in [0.1, 0.15) is 23.9 Å². The zero-order valence-electron chi connectivity index (χ0n) is 9.62. The van der Waals surface area contributed by atoms with E-state index in [1.54, 1.807) is 14.2 Å². The molecule has 0 unspecified atom stereocenters. The van der Waals surface area contributed by atoms with Crippen LogP contribution in [0.5, 0.6) is 11.5 Å². The van der Waals surface area contributed by atoms with Crippen molar-refractivity contribution < 1.29 is 14.2 Å². The summed E-state index contributed by atoms with van der Waals surface area (Å²) < 4.78 is 16.6. The van der Waals surface area contributed by atoms with E-state index in [0.717, 1.165) is 21.7 Å². The molecule has 0 fully saturated rings. The molecule has 1 aromatic rings. The number of hydrogen-bond acceptors (Lipinski definition) is 3. The van der Waals surface area contributed by atoms with Crippen LogP contribution in [0.4, 0.5) is 0 Å². The van der Waals surface area contributed by atoms with E-state index < -0.39 is 0 Å². The molecular formula is C12H15BrO3. The number of benzene rings is 1. The lowest BCUT2D eigenvalue weighted by atomic mass is 10.3. The number of hydrogen-bond donors (Lipinski definition) is 0. The Morgan fingerprint density at radius 1 is 1.12 bits per heavy atom. The van der Waals surface area contributed by atoms with Crippen LogP contribution >= 0.6 is 15.9 Å². The molecule has 0 saturated heterocycles. The van der Waals surface area contributed by atoms with E-state index in [-0.39, 0.29) is 0 Å². The molecule has 0 atom stereocenters. The molecule has 0 amide bonds. The normalized spacial score (nSPS) is 11.8. The molecule has 0 bridgehead atoms. The minimum Gasteiger partial charge on any atom is -0.500 e. The summed E-state index contributed by atoms with van der Waals surface area (Å²) in [6.07, 6.45) is 0. The fraction of sp³-hybridized carbons (Fsp3) is 0.333. The molecule has 3 nitrogen and oxygen atoms in total. The van der Waals surface area contributed by atoms with Gasteiger partial charge in [-0.3, -0.25) is 0 Å². The van der Waals surface area contributed by atoms with Crippen molar-refractivity contribution >= 4 is 15.9 Å².